The summed E-state index contributed by atoms with van der Waals surface area (Å²) in [7, 11) is 0. The number of carbonyl (C=O) groups excluding carboxylic acids is 1. The number of ether oxygens (including phenoxy) is 1. The second-order valence-electron chi connectivity index (χ2n) is 6.57. The van der Waals surface area contributed by atoms with E-state index in [-0.39, 0.29) is 6.09 Å². The molecule has 3 nitrogen and oxygen atoms in total. The predicted molar refractivity (Wildman–Crippen MR) is 86.0 cm³/mol. The summed E-state index contributed by atoms with van der Waals surface area (Å²) in [5.41, 5.74) is 0.813. The fraction of sp³-hybridized carbons (Fsp3) is 0.500. The number of hydrogen-bond acceptors (Lipinski definition) is 2. The molecule has 0 unspecified atom stereocenters. The fourth-order valence-electron chi connectivity index (χ4n) is 2.41. The van der Waals surface area contributed by atoms with Gasteiger partial charge in [0.2, 0.25) is 0 Å². The van der Waals surface area contributed by atoms with Crippen LogP contribution in [0.1, 0.15) is 39.2 Å². The summed E-state index contributed by atoms with van der Waals surface area (Å²) < 4.78 is 5.41. The van der Waals surface area contributed by atoms with Gasteiger partial charge >= 0.3 is 6.09 Å². The Morgan fingerprint density at radius 2 is 1.81 bits per heavy atom. The molecule has 0 aliphatic carbocycles. The van der Waals surface area contributed by atoms with Gasteiger partial charge in [-0.15, -0.1) is 0 Å². The van der Waals surface area contributed by atoms with Crippen molar-refractivity contribution < 1.29 is 9.53 Å². The molecule has 21 heavy (non-hydrogen) atoms. The molecule has 0 radical (unpaired) electrons. The summed E-state index contributed by atoms with van der Waals surface area (Å²) in [4.78, 5) is 13.8. The Kier molecular flexibility index (Phi) is 5.05. The lowest BCUT2D eigenvalue weighted by molar-refractivity contribution is 0.0197. The molecule has 0 N–H and O–H groups in total. The third kappa shape index (κ3) is 5.25. The van der Waals surface area contributed by atoms with Crippen LogP contribution in [0.5, 0.6) is 0 Å². The van der Waals surface area contributed by atoms with Gasteiger partial charge < -0.3 is 9.64 Å². The molecule has 1 saturated heterocycles. The van der Waals surface area contributed by atoms with Crippen LogP contribution in [0.4, 0.5) is 4.79 Å². The second kappa shape index (κ2) is 6.79. The van der Waals surface area contributed by atoms with Crippen LogP contribution in [0.25, 0.3) is 6.08 Å². The second-order valence-corrected chi connectivity index (χ2v) is 6.57. The smallest absolute Gasteiger partial charge is 0.410 e. The number of piperidine rings is 1. The molecule has 1 aromatic carbocycles. The highest BCUT2D eigenvalue weighted by Gasteiger charge is 2.25. The monoisotopic (exact) mass is 287 g/mol. The molecule has 1 heterocycles. The lowest BCUT2D eigenvalue weighted by atomic mass is 9.96. The molecular weight excluding hydrogens is 262 g/mol. The highest BCUT2D eigenvalue weighted by Crippen LogP contribution is 2.21. The molecule has 1 aromatic rings. The molecule has 1 fully saturated rings. The molecule has 0 aromatic heterocycles. The molecule has 0 spiro atoms. The van der Waals surface area contributed by atoms with Crippen LogP contribution >= 0.6 is 0 Å². The molecule has 1 aliphatic heterocycles. The zero-order valence-corrected chi connectivity index (χ0v) is 13.2. The maximum atomic E-state index is 12.0. The van der Waals surface area contributed by atoms with Gasteiger partial charge in [-0.1, -0.05) is 42.5 Å². The quantitative estimate of drug-likeness (QED) is 0.809. The zero-order chi connectivity index (χ0) is 15.3. The lowest BCUT2D eigenvalue weighted by Gasteiger charge is -2.32. The van der Waals surface area contributed by atoms with Crippen LogP contribution < -0.4 is 0 Å². The van der Waals surface area contributed by atoms with Gasteiger partial charge in [-0.2, -0.15) is 0 Å². The van der Waals surface area contributed by atoms with Crippen molar-refractivity contribution in [2.24, 2.45) is 5.92 Å². The van der Waals surface area contributed by atoms with E-state index in [0.29, 0.717) is 5.92 Å². The minimum atomic E-state index is -0.416. The van der Waals surface area contributed by atoms with E-state index in [1.54, 1.807) is 0 Å². The Hall–Kier alpha value is -1.77. The van der Waals surface area contributed by atoms with Crippen molar-refractivity contribution in [3.8, 4) is 0 Å². The van der Waals surface area contributed by atoms with Gasteiger partial charge in [0.1, 0.15) is 5.60 Å². The molecule has 3 heteroatoms. The lowest BCUT2D eigenvalue weighted by Crippen LogP contribution is -2.41. The van der Waals surface area contributed by atoms with E-state index in [1.165, 1.54) is 5.56 Å². The molecule has 0 atom stereocenters. The average Bonchev–Trinajstić information content (AvgIpc) is 2.45. The molecule has 0 bridgehead atoms. The van der Waals surface area contributed by atoms with E-state index in [1.807, 2.05) is 43.9 Å². The number of allylic oxidation sites excluding steroid dienone is 1. The highest BCUT2D eigenvalue weighted by molar-refractivity contribution is 5.68. The Morgan fingerprint density at radius 3 is 2.38 bits per heavy atom. The minimum Gasteiger partial charge on any atom is -0.444 e. The van der Waals surface area contributed by atoms with Gasteiger partial charge in [0.15, 0.2) is 0 Å². The minimum absolute atomic E-state index is 0.187. The van der Waals surface area contributed by atoms with E-state index < -0.39 is 5.60 Å². The summed E-state index contributed by atoms with van der Waals surface area (Å²) in [6.45, 7) is 7.26. The van der Waals surface area contributed by atoms with Crippen molar-refractivity contribution >= 4 is 12.2 Å². The maximum Gasteiger partial charge on any atom is 0.410 e. The Bertz CT molecular complexity index is 480. The first kappa shape index (κ1) is 15.6. The molecule has 2 rings (SSSR count). The van der Waals surface area contributed by atoms with Gasteiger partial charge in [-0.3, -0.25) is 0 Å². The average molecular weight is 287 g/mol. The molecule has 1 amide bonds. The highest BCUT2D eigenvalue weighted by atomic mass is 16.6. The van der Waals surface area contributed by atoms with E-state index in [4.69, 9.17) is 4.74 Å². The summed E-state index contributed by atoms with van der Waals surface area (Å²) in [6.07, 6.45) is 6.26. The fourth-order valence-corrected chi connectivity index (χ4v) is 2.41. The topological polar surface area (TPSA) is 29.5 Å². The molecule has 114 valence electrons. The van der Waals surface area contributed by atoms with Crippen molar-refractivity contribution in [2.45, 2.75) is 39.2 Å². The number of hydrogen-bond donors (Lipinski definition) is 0. The van der Waals surface area contributed by atoms with Crippen LogP contribution in [0, 0.1) is 5.92 Å². The van der Waals surface area contributed by atoms with E-state index in [9.17, 15) is 4.79 Å². The van der Waals surface area contributed by atoms with Crippen LogP contribution in [-0.4, -0.2) is 29.7 Å². The number of amides is 1. The third-order valence-corrected chi connectivity index (χ3v) is 3.55. The number of likely N-dealkylation sites (tertiary alicyclic amines) is 1. The SMILES string of the molecule is CC(C)(C)OC(=O)N1CCC(C=Cc2ccccc2)CC1. The Labute approximate surface area is 127 Å². The van der Waals surface area contributed by atoms with E-state index >= 15 is 0 Å². The standard InChI is InChI=1S/C18H25NO2/c1-18(2,3)21-17(20)19-13-11-16(12-14-19)10-9-15-7-5-4-6-8-15/h4-10,16H,11-14H2,1-3H3. The number of carbonyl (C=O) groups is 1. The van der Waals surface area contributed by atoms with Gasteiger partial charge in [-0.25, -0.2) is 4.79 Å². The van der Waals surface area contributed by atoms with Gasteiger partial charge in [0, 0.05) is 13.1 Å². The van der Waals surface area contributed by atoms with Crippen molar-refractivity contribution in [1.82, 2.24) is 4.90 Å². The molecule has 0 saturated carbocycles. The maximum absolute atomic E-state index is 12.0. The number of nitrogens with zero attached hydrogens (tertiary/aromatic N) is 1. The van der Waals surface area contributed by atoms with Gasteiger partial charge in [0.05, 0.1) is 0 Å². The van der Waals surface area contributed by atoms with Crippen molar-refractivity contribution in [3.05, 3.63) is 42.0 Å². The van der Waals surface area contributed by atoms with Crippen LogP contribution in [0.3, 0.4) is 0 Å². The van der Waals surface area contributed by atoms with Gasteiger partial charge in [0.25, 0.3) is 0 Å². The van der Waals surface area contributed by atoms with Crippen molar-refractivity contribution in [1.29, 1.82) is 0 Å². The largest absolute Gasteiger partial charge is 0.444 e. The first-order chi connectivity index (χ1) is 9.94. The van der Waals surface area contributed by atoms with Crippen molar-refractivity contribution in [3.63, 3.8) is 0 Å². The summed E-state index contributed by atoms with van der Waals surface area (Å²) >= 11 is 0. The Morgan fingerprint density at radius 1 is 1.19 bits per heavy atom. The first-order valence-corrected chi connectivity index (χ1v) is 7.65. The normalized spacial score (nSPS) is 17.2. The number of benzene rings is 1. The van der Waals surface area contributed by atoms with Crippen LogP contribution in [0.2, 0.25) is 0 Å². The van der Waals surface area contributed by atoms with Crippen molar-refractivity contribution in [2.75, 3.05) is 13.1 Å². The van der Waals surface area contributed by atoms with Gasteiger partial charge in [-0.05, 0) is 45.1 Å². The predicted octanol–water partition coefficient (Wildman–Crippen LogP) is 4.35. The first-order valence-electron chi connectivity index (χ1n) is 7.65. The molecule has 1 aliphatic rings. The summed E-state index contributed by atoms with van der Waals surface area (Å²) in [6, 6.07) is 10.3. The summed E-state index contributed by atoms with van der Waals surface area (Å²) in [5.74, 6) is 0.545. The van der Waals surface area contributed by atoms with E-state index in [2.05, 4.69) is 24.3 Å². The third-order valence-electron chi connectivity index (χ3n) is 3.55. The number of rotatable bonds is 2. The van der Waals surface area contributed by atoms with Crippen LogP contribution in [-0.2, 0) is 4.74 Å². The summed E-state index contributed by atoms with van der Waals surface area (Å²) in [5, 5.41) is 0. The Balaban J connectivity index is 1.81. The van der Waals surface area contributed by atoms with Crippen LogP contribution in [0.15, 0.2) is 36.4 Å². The van der Waals surface area contributed by atoms with E-state index in [0.717, 1.165) is 25.9 Å². The molecular formula is C18H25NO2. The zero-order valence-electron chi connectivity index (χ0n) is 13.2.